The van der Waals surface area contributed by atoms with Gasteiger partial charge in [0.05, 0.1) is 0 Å². The van der Waals surface area contributed by atoms with Crippen LogP contribution in [0, 0.1) is 5.92 Å². The maximum absolute atomic E-state index is 3.43. The Balaban J connectivity index is 2.21. The highest BCUT2D eigenvalue weighted by Crippen LogP contribution is 2.13. The highest BCUT2D eigenvalue weighted by Gasteiger charge is 2.15. The first kappa shape index (κ1) is 12.9. The lowest BCUT2D eigenvalue weighted by Crippen LogP contribution is -2.39. The fourth-order valence-corrected chi connectivity index (χ4v) is 2.31. The van der Waals surface area contributed by atoms with Gasteiger partial charge in [0.15, 0.2) is 0 Å². The van der Waals surface area contributed by atoms with Crippen LogP contribution >= 0.6 is 0 Å². The van der Waals surface area contributed by atoms with Gasteiger partial charge in [0.25, 0.3) is 0 Å². The third kappa shape index (κ3) is 5.50. The van der Waals surface area contributed by atoms with Crippen LogP contribution in [-0.2, 0) is 0 Å². The molecule has 3 nitrogen and oxygen atoms in total. The van der Waals surface area contributed by atoms with E-state index in [9.17, 15) is 0 Å². The minimum Gasteiger partial charge on any atom is -0.318 e. The summed E-state index contributed by atoms with van der Waals surface area (Å²) in [4.78, 5) is 2.62. The molecule has 90 valence electrons. The van der Waals surface area contributed by atoms with Crippen LogP contribution in [0.1, 0.15) is 26.2 Å². The summed E-state index contributed by atoms with van der Waals surface area (Å²) < 4.78 is 0. The third-order valence-corrected chi connectivity index (χ3v) is 3.19. The van der Waals surface area contributed by atoms with Gasteiger partial charge >= 0.3 is 0 Å². The van der Waals surface area contributed by atoms with Gasteiger partial charge in [-0.3, -0.25) is 0 Å². The number of hydrogen-bond donors (Lipinski definition) is 2. The zero-order chi connectivity index (χ0) is 10.9. The zero-order valence-corrected chi connectivity index (χ0v) is 10.4. The SMILES string of the molecule is CCCN(CCNC)CC1CCNCC1. The Morgan fingerprint density at radius 2 is 2.00 bits per heavy atom. The molecule has 0 aromatic heterocycles. The van der Waals surface area contributed by atoms with E-state index in [0.29, 0.717) is 0 Å². The molecule has 15 heavy (non-hydrogen) atoms. The van der Waals surface area contributed by atoms with Gasteiger partial charge in [-0.2, -0.15) is 0 Å². The Kier molecular flexibility index (Phi) is 6.98. The highest BCUT2D eigenvalue weighted by molar-refractivity contribution is 4.72. The second kappa shape index (κ2) is 8.08. The number of hydrogen-bond acceptors (Lipinski definition) is 3. The lowest BCUT2D eigenvalue weighted by atomic mass is 9.97. The van der Waals surface area contributed by atoms with Crippen LogP contribution in [0.4, 0.5) is 0 Å². The molecule has 1 aliphatic rings. The van der Waals surface area contributed by atoms with Crippen molar-refractivity contribution >= 4 is 0 Å². The molecule has 2 N–H and O–H groups in total. The van der Waals surface area contributed by atoms with Crippen molar-refractivity contribution in [3.63, 3.8) is 0 Å². The number of nitrogens with zero attached hydrogens (tertiary/aromatic N) is 1. The van der Waals surface area contributed by atoms with Crippen LogP contribution in [0.15, 0.2) is 0 Å². The van der Waals surface area contributed by atoms with Crippen molar-refractivity contribution in [3.8, 4) is 0 Å². The Morgan fingerprint density at radius 3 is 2.60 bits per heavy atom. The van der Waals surface area contributed by atoms with Crippen molar-refractivity contribution in [2.75, 3.05) is 46.3 Å². The van der Waals surface area contributed by atoms with E-state index in [0.717, 1.165) is 12.5 Å². The second-order valence-corrected chi connectivity index (χ2v) is 4.60. The maximum Gasteiger partial charge on any atom is 0.0107 e. The normalized spacial score (nSPS) is 18.6. The number of piperidine rings is 1. The molecule has 1 heterocycles. The second-order valence-electron chi connectivity index (χ2n) is 4.60. The molecule has 0 atom stereocenters. The van der Waals surface area contributed by atoms with Crippen molar-refractivity contribution in [2.45, 2.75) is 26.2 Å². The van der Waals surface area contributed by atoms with Crippen LogP contribution in [0.3, 0.4) is 0 Å². The molecule has 0 amide bonds. The molecule has 1 aliphatic heterocycles. The van der Waals surface area contributed by atoms with Gasteiger partial charge in [0, 0.05) is 19.6 Å². The predicted octanol–water partition coefficient (Wildman–Crippen LogP) is 0.917. The topological polar surface area (TPSA) is 27.3 Å². The quantitative estimate of drug-likeness (QED) is 0.658. The van der Waals surface area contributed by atoms with Gasteiger partial charge in [-0.25, -0.2) is 0 Å². The first-order valence-electron chi connectivity index (χ1n) is 6.44. The van der Waals surface area contributed by atoms with E-state index in [-0.39, 0.29) is 0 Å². The lowest BCUT2D eigenvalue weighted by Gasteiger charge is -2.29. The molecule has 0 spiro atoms. The van der Waals surface area contributed by atoms with Crippen molar-refractivity contribution in [1.29, 1.82) is 0 Å². The summed E-state index contributed by atoms with van der Waals surface area (Å²) in [6, 6.07) is 0. The summed E-state index contributed by atoms with van der Waals surface area (Å²) in [6.07, 6.45) is 3.99. The van der Waals surface area contributed by atoms with Crippen LogP contribution in [0.5, 0.6) is 0 Å². The Hall–Kier alpha value is -0.120. The first-order valence-corrected chi connectivity index (χ1v) is 6.44. The molecule has 0 saturated carbocycles. The number of nitrogens with one attached hydrogen (secondary N) is 2. The molecule has 0 bridgehead atoms. The fourth-order valence-electron chi connectivity index (χ4n) is 2.31. The lowest BCUT2D eigenvalue weighted by molar-refractivity contribution is 0.207. The molecule has 3 heteroatoms. The smallest absolute Gasteiger partial charge is 0.0107 e. The van der Waals surface area contributed by atoms with E-state index < -0.39 is 0 Å². The van der Waals surface area contributed by atoms with Gasteiger partial charge < -0.3 is 15.5 Å². The van der Waals surface area contributed by atoms with Gasteiger partial charge in [-0.15, -0.1) is 0 Å². The molecular formula is C12H27N3. The average Bonchev–Trinajstić information content (AvgIpc) is 2.28. The van der Waals surface area contributed by atoms with Crippen LogP contribution < -0.4 is 10.6 Å². The largest absolute Gasteiger partial charge is 0.318 e. The van der Waals surface area contributed by atoms with E-state index in [1.807, 2.05) is 7.05 Å². The average molecular weight is 213 g/mol. The Bertz CT molecular complexity index is 144. The standard InChI is InChI=1S/C12H27N3/c1-3-9-15(10-8-13-2)11-12-4-6-14-7-5-12/h12-14H,3-11H2,1-2H3. The highest BCUT2D eigenvalue weighted by atomic mass is 15.1. The molecular weight excluding hydrogens is 186 g/mol. The molecule has 0 unspecified atom stereocenters. The van der Waals surface area contributed by atoms with Crippen LogP contribution in [0.25, 0.3) is 0 Å². The van der Waals surface area contributed by atoms with E-state index in [4.69, 9.17) is 0 Å². The fraction of sp³-hybridized carbons (Fsp3) is 1.00. The first-order chi connectivity index (χ1) is 7.36. The molecule has 1 saturated heterocycles. The third-order valence-electron chi connectivity index (χ3n) is 3.19. The number of likely N-dealkylation sites (N-methyl/N-ethyl adjacent to an activating group) is 1. The van der Waals surface area contributed by atoms with Crippen molar-refractivity contribution in [3.05, 3.63) is 0 Å². The summed E-state index contributed by atoms with van der Waals surface area (Å²) in [7, 11) is 2.04. The molecule has 0 aromatic carbocycles. The Morgan fingerprint density at radius 1 is 1.27 bits per heavy atom. The van der Waals surface area contributed by atoms with Crippen molar-refractivity contribution in [1.82, 2.24) is 15.5 Å². The predicted molar refractivity (Wildman–Crippen MR) is 66.3 cm³/mol. The molecule has 1 fully saturated rings. The summed E-state index contributed by atoms with van der Waals surface area (Å²) in [6.45, 7) is 9.59. The van der Waals surface area contributed by atoms with Crippen LogP contribution in [-0.4, -0.2) is 51.2 Å². The monoisotopic (exact) mass is 213 g/mol. The van der Waals surface area contributed by atoms with Gasteiger partial charge in [-0.05, 0) is 51.9 Å². The zero-order valence-electron chi connectivity index (χ0n) is 10.4. The minimum atomic E-state index is 0.926. The Labute approximate surface area is 94.6 Å². The maximum atomic E-state index is 3.43. The van der Waals surface area contributed by atoms with Gasteiger partial charge in [0.1, 0.15) is 0 Å². The molecule has 1 rings (SSSR count). The van der Waals surface area contributed by atoms with Crippen molar-refractivity contribution < 1.29 is 0 Å². The summed E-state index contributed by atoms with van der Waals surface area (Å²) in [5.74, 6) is 0.926. The summed E-state index contributed by atoms with van der Waals surface area (Å²) in [5.41, 5.74) is 0. The van der Waals surface area contributed by atoms with E-state index in [2.05, 4.69) is 22.5 Å². The summed E-state index contributed by atoms with van der Waals surface area (Å²) in [5, 5.41) is 6.67. The van der Waals surface area contributed by atoms with E-state index >= 15 is 0 Å². The molecule has 0 aromatic rings. The molecule has 0 aliphatic carbocycles. The number of rotatable bonds is 7. The van der Waals surface area contributed by atoms with E-state index in [1.165, 1.54) is 52.0 Å². The van der Waals surface area contributed by atoms with E-state index in [1.54, 1.807) is 0 Å². The minimum absolute atomic E-state index is 0.926. The van der Waals surface area contributed by atoms with Gasteiger partial charge in [0.2, 0.25) is 0 Å². The van der Waals surface area contributed by atoms with Crippen LogP contribution in [0.2, 0.25) is 0 Å². The van der Waals surface area contributed by atoms with Crippen molar-refractivity contribution in [2.24, 2.45) is 5.92 Å². The molecule has 0 radical (unpaired) electrons. The van der Waals surface area contributed by atoms with Gasteiger partial charge in [-0.1, -0.05) is 6.92 Å². The summed E-state index contributed by atoms with van der Waals surface area (Å²) >= 11 is 0.